The van der Waals surface area contributed by atoms with Gasteiger partial charge in [-0.2, -0.15) is 0 Å². The fourth-order valence-electron chi connectivity index (χ4n) is 1.85. The number of alkyl halides is 2. The normalized spacial score (nSPS) is 28.9. The van der Waals surface area contributed by atoms with Crippen LogP contribution < -0.4 is 5.32 Å². The predicted molar refractivity (Wildman–Crippen MR) is 83.0 cm³/mol. The van der Waals surface area contributed by atoms with Crippen molar-refractivity contribution in [3.63, 3.8) is 0 Å². The molecule has 1 N–H and O–H groups in total. The van der Waals surface area contributed by atoms with Gasteiger partial charge in [-0.05, 0) is 13.0 Å². The number of rotatable bonds is 3. The minimum absolute atomic E-state index is 0.0613. The number of carbonyl (C=O) groups excluding carboxylic acids is 1. The first-order chi connectivity index (χ1) is 9.78. The number of amides is 1. The van der Waals surface area contributed by atoms with Gasteiger partial charge >= 0.3 is 0 Å². The third kappa shape index (κ3) is 3.11. The van der Waals surface area contributed by atoms with E-state index in [9.17, 15) is 14.9 Å². The maximum atomic E-state index is 12.4. The summed E-state index contributed by atoms with van der Waals surface area (Å²) in [7, 11) is 0. The number of anilines is 1. The summed E-state index contributed by atoms with van der Waals surface area (Å²) in [6, 6.07) is 5.81. The molecule has 2 rings (SSSR count). The van der Waals surface area contributed by atoms with Gasteiger partial charge in [-0.15, -0.1) is 11.8 Å². The molecule has 0 bridgehead atoms. The van der Waals surface area contributed by atoms with Gasteiger partial charge in [-0.1, -0.05) is 35.3 Å². The summed E-state index contributed by atoms with van der Waals surface area (Å²) in [4.78, 5) is 22.8. The molecule has 0 unspecified atom stereocenters. The van der Waals surface area contributed by atoms with Gasteiger partial charge in [0.1, 0.15) is 5.69 Å². The number of thioether (sulfide) groups is 1. The fourth-order valence-corrected chi connectivity index (χ4v) is 3.45. The Kier molecular flexibility index (Phi) is 4.67. The van der Waals surface area contributed by atoms with Gasteiger partial charge < -0.3 is 10.1 Å². The number of nitro benzene ring substituents is 1. The summed E-state index contributed by atoms with van der Waals surface area (Å²) in [5, 5.41) is 12.0. The fraction of sp³-hybridized carbons (Fsp3) is 0.417. The summed E-state index contributed by atoms with van der Waals surface area (Å²) in [5.74, 6) is -0.156. The topological polar surface area (TPSA) is 81.5 Å². The van der Waals surface area contributed by atoms with Gasteiger partial charge in [-0.25, -0.2) is 0 Å². The lowest BCUT2D eigenvalue weighted by Crippen LogP contribution is -2.54. The van der Waals surface area contributed by atoms with Crippen LogP contribution in [0.3, 0.4) is 0 Å². The zero-order chi connectivity index (χ0) is 15.7. The first-order valence-corrected chi connectivity index (χ1v) is 7.73. The minimum Gasteiger partial charge on any atom is -0.356 e. The van der Waals surface area contributed by atoms with Crippen LogP contribution >= 0.6 is 35.0 Å². The highest BCUT2D eigenvalue weighted by Crippen LogP contribution is 2.48. The van der Waals surface area contributed by atoms with Crippen molar-refractivity contribution in [3.8, 4) is 0 Å². The molecule has 0 radical (unpaired) electrons. The Bertz CT molecular complexity index is 584. The summed E-state index contributed by atoms with van der Waals surface area (Å²) < 4.78 is 3.76. The van der Waals surface area contributed by atoms with Gasteiger partial charge in [0.05, 0.1) is 11.5 Å². The largest absolute Gasteiger partial charge is 0.356 e. The van der Waals surface area contributed by atoms with Crippen molar-refractivity contribution in [2.75, 3.05) is 17.7 Å². The van der Waals surface area contributed by atoms with Crippen molar-refractivity contribution in [3.05, 3.63) is 34.4 Å². The molecular formula is C12H12Cl2N2O4S. The van der Waals surface area contributed by atoms with E-state index in [4.69, 9.17) is 27.9 Å². The molecule has 1 fully saturated rings. The average molecular weight is 351 g/mol. The molecule has 0 spiro atoms. The second kappa shape index (κ2) is 6.00. The molecule has 1 aromatic rings. The van der Waals surface area contributed by atoms with Crippen LogP contribution in [0.25, 0.3) is 0 Å². The van der Waals surface area contributed by atoms with Crippen molar-refractivity contribution in [1.29, 1.82) is 0 Å². The van der Waals surface area contributed by atoms with Gasteiger partial charge in [0.15, 0.2) is 5.06 Å². The van der Waals surface area contributed by atoms with E-state index >= 15 is 0 Å². The lowest BCUT2D eigenvalue weighted by atomic mass is 10.2. The number of carbonyl (C=O) groups is 1. The number of hydrogen-bond donors (Lipinski definition) is 1. The van der Waals surface area contributed by atoms with Gasteiger partial charge in [0.2, 0.25) is 4.21 Å². The number of para-hydroxylation sites is 2. The molecule has 1 aromatic carbocycles. The zero-order valence-electron chi connectivity index (χ0n) is 11.0. The van der Waals surface area contributed by atoms with Crippen molar-refractivity contribution >= 4 is 52.2 Å². The van der Waals surface area contributed by atoms with E-state index in [1.54, 1.807) is 6.07 Å². The quantitative estimate of drug-likeness (QED) is 0.514. The predicted octanol–water partition coefficient (Wildman–Crippen LogP) is 3.19. The van der Waals surface area contributed by atoms with Crippen LogP contribution in [-0.4, -0.2) is 32.5 Å². The van der Waals surface area contributed by atoms with Crippen LogP contribution in [0.15, 0.2) is 24.3 Å². The molecule has 0 saturated carbocycles. The van der Waals surface area contributed by atoms with Crippen LogP contribution in [0.2, 0.25) is 0 Å². The van der Waals surface area contributed by atoms with E-state index in [0.29, 0.717) is 12.4 Å². The van der Waals surface area contributed by atoms with E-state index in [1.807, 2.05) is 0 Å². The molecular weight excluding hydrogens is 339 g/mol. The Labute approximate surface area is 135 Å². The highest BCUT2D eigenvalue weighted by Gasteiger charge is 2.56. The van der Waals surface area contributed by atoms with E-state index in [-0.39, 0.29) is 11.4 Å². The molecule has 9 heteroatoms. The van der Waals surface area contributed by atoms with Crippen molar-refractivity contribution < 1.29 is 14.5 Å². The van der Waals surface area contributed by atoms with Crippen LogP contribution in [0, 0.1) is 10.1 Å². The molecule has 21 heavy (non-hydrogen) atoms. The Morgan fingerprint density at radius 3 is 2.76 bits per heavy atom. The monoisotopic (exact) mass is 350 g/mol. The molecule has 1 aliphatic rings. The second-order valence-corrected chi connectivity index (χ2v) is 7.26. The van der Waals surface area contributed by atoms with Crippen molar-refractivity contribution in [2.24, 2.45) is 0 Å². The Balaban J connectivity index is 2.28. The third-order valence-electron chi connectivity index (χ3n) is 2.97. The smallest absolute Gasteiger partial charge is 0.292 e. The van der Waals surface area contributed by atoms with Crippen molar-refractivity contribution in [2.45, 2.75) is 16.2 Å². The Morgan fingerprint density at radius 2 is 2.14 bits per heavy atom. The van der Waals surface area contributed by atoms with Crippen LogP contribution in [-0.2, 0) is 9.53 Å². The lowest BCUT2D eigenvalue weighted by Gasteiger charge is -2.41. The van der Waals surface area contributed by atoms with Gasteiger partial charge in [0.25, 0.3) is 11.6 Å². The van der Waals surface area contributed by atoms with Gasteiger partial charge in [0, 0.05) is 11.8 Å². The van der Waals surface area contributed by atoms with Gasteiger partial charge in [-0.3, -0.25) is 14.9 Å². The minimum atomic E-state index is -1.57. The molecule has 2 atom stereocenters. The highest BCUT2D eigenvalue weighted by molar-refractivity contribution is 8.03. The standard InChI is InChI=1S/C12H12Cl2N2O4S/c1-11(13)12(14,21-7-6-20-11)10(17)15-8-4-2-3-5-9(8)16(18)19/h2-5H,6-7H2,1H3,(H,15,17)/t11-,12-/m1/s1. The van der Waals surface area contributed by atoms with E-state index < -0.39 is 20.1 Å². The highest BCUT2D eigenvalue weighted by atomic mass is 35.5. The summed E-state index contributed by atoms with van der Waals surface area (Å²) in [6.45, 7) is 1.87. The Morgan fingerprint density at radius 1 is 1.48 bits per heavy atom. The molecule has 1 heterocycles. The number of nitrogens with one attached hydrogen (secondary N) is 1. The van der Waals surface area contributed by atoms with E-state index in [1.165, 1.54) is 25.1 Å². The first kappa shape index (κ1) is 16.4. The number of halogens is 2. The number of ether oxygens (including phenoxy) is 1. The average Bonchev–Trinajstić information content (AvgIpc) is 2.42. The molecule has 6 nitrogen and oxygen atoms in total. The maximum Gasteiger partial charge on any atom is 0.292 e. The SMILES string of the molecule is C[C@@]1(Cl)OCCS[C@]1(Cl)C(=O)Nc1ccccc1[N+](=O)[O-]. The number of benzene rings is 1. The Hall–Kier alpha value is -1.02. The number of hydrogen-bond acceptors (Lipinski definition) is 5. The van der Waals surface area contributed by atoms with Crippen molar-refractivity contribution in [1.82, 2.24) is 0 Å². The number of nitrogens with zero attached hydrogens (tertiary/aromatic N) is 1. The number of nitro groups is 1. The molecule has 1 saturated heterocycles. The van der Waals surface area contributed by atoms with Crippen LogP contribution in [0.1, 0.15) is 6.92 Å². The molecule has 0 aliphatic carbocycles. The molecule has 1 amide bonds. The molecule has 0 aromatic heterocycles. The van der Waals surface area contributed by atoms with Crippen LogP contribution in [0.5, 0.6) is 0 Å². The van der Waals surface area contributed by atoms with E-state index in [0.717, 1.165) is 11.8 Å². The molecule has 1 aliphatic heterocycles. The summed E-state index contributed by atoms with van der Waals surface area (Å²) in [5.41, 5.74) is -0.157. The maximum absolute atomic E-state index is 12.4. The lowest BCUT2D eigenvalue weighted by molar-refractivity contribution is -0.383. The zero-order valence-corrected chi connectivity index (χ0v) is 13.3. The third-order valence-corrected chi connectivity index (χ3v) is 5.78. The summed E-state index contributed by atoms with van der Waals surface area (Å²) >= 11 is 13.6. The second-order valence-electron chi connectivity index (χ2n) is 4.44. The molecule has 114 valence electrons. The van der Waals surface area contributed by atoms with E-state index in [2.05, 4.69) is 5.32 Å². The summed E-state index contributed by atoms with van der Waals surface area (Å²) in [6.07, 6.45) is 0. The first-order valence-electron chi connectivity index (χ1n) is 5.98. The van der Waals surface area contributed by atoms with Crippen LogP contribution in [0.4, 0.5) is 11.4 Å².